The predicted molar refractivity (Wildman–Crippen MR) is 102 cm³/mol. The highest BCUT2D eigenvalue weighted by Gasteiger charge is 2.58. The molecule has 1 saturated carbocycles. The minimum atomic E-state index is -0.637. The lowest BCUT2D eigenvalue weighted by molar-refractivity contribution is -0.130. The fourth-order valence-corrected chi connectivity index (χ4v) is 4.63. The number of fused-ring (bicyclic) bond motifs is 2. The number of carbonyl (C=O) groups is 1. The Morgan fingerprint density at radius 2 is 2.22 bits per heavy atom. The van der Waals surface area contributed by atoms with E-state index < -0.39 is 16.9 Å². The molecule has 140 valence electrons. The van der Waals surface area contributed by atoms with Crippen molar-refractivity contribution in [3.05, 3.63) is 41.1 Å². The molecular weight excluding hydrogens is 340 g/mol. The Morgan fingerprint density at radius 3 is 2.78 bits per heavy atom. The third-order valence-corrected chi connectivity index (χ3v) is 6.74. The molecule has 1 aromatic rings. The first kappa shape index (κ1) is 17.7. The van der Waals surface area contributed by atoms with Gasteiger partial charge in [-0.3, -0.25) is 4.79 Å². The molecule has 1 aliphatic carbocycles. The highest BCUT2D eigenvalue weighted by atomic mass is 16.3. The third-order valence-electron chi connectivity index (χ3n) is 6.74. The Balaban J connectivity index is 1.69. The number of nitrogens with one attached hydrogen (secondary N) is 2. The van der Waals surface area contributed by atoms with Gasteiger partial charge in [0.15, 0.2) is 0 Å². The van der Waals surface area contributed by atoms with Crippen molar-refractivity contribution >= 4 is 17.8 Å². The molecule has 6 nitrogen and oxygen atoms in total. The predicted octanol–water partition coefficient (Wildman–Crippen LogP) is 2.10. The third kappa shape index (κ3) is 2.28. The van der Waals surface area contributed by atoms with Gasteiger partial charge in [0.05, 0.1) is 30.1 Å². The van der Waals surface area contributed by atoms with Gasteiger partial charge in [0.25, 0.3) is 0 Å². The largest absolute Gasteiger partial charge is 0.393 e. The van der Waals surface area contributed by atoms with Crippen molar-refractivity contribution < 1.29 is 9.90 Å². The molecule has 0 bridgehead atoms. The minimum absolute atomic E-state index is 0.0411. The zero-order valence-corrected chi connectivity index (χ0v) is 15.6. The molecule has 0 saturated heterocycles. The van der Waals surface area contributed by atoms with Gasteiger partial charge >= 0.3 is 0 Å². The van der Waals surface area contributed by atoms with E-state index in [0.29, 0.717) is 25.9 Å². The summed E-state index contributed by atoms with van der Waals surface area (Å²) >= 11 is 0. The van der Waals surface area contributed by atoms with E-state index >= 15 is 0 Å². The summed E-state index contributed by atoms with van der Waals surface area (Å²) in [5.41, 5.74) is 2.61. The highest BCUT2D eigenvalue weighted by molar-refractivity contribution is 6.09. The number of para-hydroxylation sites is 1. The lowest BCUT2D eigenvalue weighted by Crippen LogP contribution is -2.53. The summed E-state index contributed by atoms with van der Waals surface area (Å²) in [7, 11) is 0. The smallest absolute Gasteiger partial charge is 0.238 e. The highest BCUT2D eigenvalue weighted by Crippen LogP contribution is 2.53. The molecule has 0 aromatic heterocycles. The molecule has 6 heteroatoms. The van der Waals surface area contributed by atoms with Crippen molar-refractivity contribution in [3.63, 3.8) is 0 Å². The van der Waals surface area contributed by atoms with Crippen molar-refractivity contribution in [2.24, 2.45) is 11.3 Å². The maximum Gasteiger partial charge on any atom is 0.238 e. The van der Waals surface area contributed by atoms with E-state index in [1.54, 1.807) is 4.90 Å². The molecule has 2 aliphatic heterocycles. The van der Waals surface area contributed by atoms with Gasteiger partial charge in [-0.2, -0.15) is 5.26 Å². The van der Waals surface area contributed by atoms with E-state index in [4.69, 9.17) is 5.41 Å². The number of nitrogens with zero attached hydrogens (tertiary/aromatic N) is 2. The Morgan fingerprint density at radius 1 is 1.52 bits per heavy atom. The zero-order valence-electron chi connectivity index (χ0n) is 15.6. The fourth-order valence-electron chi connectivity index (χ4n) is 4.63. The molecule has 1 aromatic carbocycles. The topological polar surface area (TPSA) is 100 Å². The SMILES string of the molecule is CC(C#N)[C@@](C)(C=N)C1=C(CN2c3ccccc3[C@]3(C[C@@H](O)C3)C2=O)NC1. The van der Waals surface area contributed by atoms with Gasteiger partial charge < -0.3 is 20.7 Å². The van der Waals surface area contributed by atoms with E-state index in [-0.39, 0.29) is 11.8 Å². The molecule has 27 heavy (non-hydrogen) atoms. The van der Waals surface area contributed by atoms with Crippen LogP contribution in [-0.4, -0.2) is 36.4 Å². The lowest BCUT2D eigenvalue weighted by Gasteiger charge is -2.42. The van der Waals surface area contributed by atoms with Gasteiger partial charge in [-0.05, 0) is 43.9 Å². The first-order chi connectivity index (χ1) is 12.9. The second kappa shape index (κ2) is 5.93. The normalized spacial score (nSPS) is 29.2. The first-order valence-corrected chi connectivity index (χ1v) is 9.34. The van der Waals surface area contributed by atoms with Gasteiger partial charge in [-0.25, -0.2) is 0 Å². The average molecular weight is 364 g/mol. The van der Waals surface area contributed by atoms with Crippen LogP contribution in [0.1, 0.15) is 32.3 Å². The first-order valence-electron chi connectivity index (χ1n) is 9.34. The number of aliphatic hydroxyl groups excluding tert-OH is 1. The molecule has 1 unspecified atom stereocenters. The number of anilines is 1. The standard InChI is InChI=1S/C21H24N4O2/c1-13(9-22)20(2,12-23)16-10-24-17(16)11-25-18-6-4-3-5-15(18)21(19(25)27)7-14(26)8-21/h3-6,12-14,23-24,26H,7-8,10-11H2,1-2H3/t13?,14-,20-,21-/m1/s1. The van der Waals surface area contributed by atoms with E-state index in [2.05, 4.69) is 11.4 Å². The van der Waals surface area contributed by atoms with Crippen LogP contribution >= 0.6 is 0 Å². The average Bonchev–Trinajstić information content (AvgIpc) is 2.86. The van der Waals surface area contributed by atoms with Gasteiger partial charge in [0, 0.05) is 29.6 Å². The number of carbonyl (C=O) groups excluding carboxylic acids is 1. The minimum Gasteiger partial charge on any atom is -0.393 e. The second-order valence-corrected chi connectivity index (χ2v) is 8.14. The molecule has 2 atom stereocenters. The second-order valence-electron chi connectivity index (χ2n) is 8.14. The number of benzene rings is 1. The van der Waals surface area contributed by atoms with Gasteiger partial charge in [0.2, 0.25) is 5.91 Å². The Kier molecular flexibility index (Phi) is 3.90. The summed E-state index contributed by atoms with van der Waals surface area (Å²) in [6.07, 6.45) is 1.88. The molecule has 1 fully saturated rings. The van der Waals surface area contributed by atoms with Crippen LogP contribution in [0.2, 0.25) is 0 Å². The lowest BCUT2D eigenvalue weighted by atomic mass is 9.63. The molecule has 3 aliphatic rings. The van der Waals surface area contributed by atoms with Crippen LogP contribution in [0.25, 0.3) is 0 Å². The Hall–Kier alpha value is -2.65. The van der Waals surface area contributed by atoms with E-state index in [0.717, 1.165) is 22.5 Å². The van der Waals surface area contributed by atoms with E-state index in [1.807, 2.05) is 38.1 Å². The summed E-state index contributed by atoms with van der Waals surface area (Å²) in [5.74, 6) is -0.281. The molecular formula is C21H24N4O2. The van der Waals surface area contributed by atoms with Crippen molar-refractivity contribution in [3.8, 4) is 6.07 Å². The number of aliphatic hydroxyl groups is 1. The zero-order chi connectivity index (χ0) is 19.4. The monoisotopic (exact) mass is 364 g/mol. The molecule has 2 heterocycles. The van der Waals surface area contributed by atoms with Crippen molar-refractivity contribution in [1.29, 1.82) is 10.7 Å². The van der Waals surface area contributed by atoms with E-state index in [9.17, 15) is 15.2 Å². The number of hydrogen-bond acceptors (Lipinski definition) is 5. The van der Waals surface area contributed by atoms with Crippen LogP contribution in [-0.2, 0) is 10.2 Å². The van der Waals surface area contributed by atoms with Crippen LogP contribution in [0.15, 0.2) is 35.5 Å². The van der Waals surface area contributed by atoms with Crippen LogP contribution in [0.4, 0.5) is 5.69 Å². The van der Waals surface area contributed by atoms with Gasteiger partial charge in [-0.1, -0.05) is 18.2 Å². The van der Waals surface area contributed by atoms with Crippen molar-refractivity contribution in [1.82, 2.24) is 5.32 Å². The maximum atomic E-state index is 13.3. The van der Waals surface area contributed by atoms with Gasteiger partial charge in [-0.15, -0.1) is 0 Å². The van der Waals surface area contributed by atoms with Crippen molar-refractivity contribution in [2.45, 2.75) is 38.2 Å². The van der Waals surface area contributed by atoms with Crippen LogP contribution in [0, 0.1) is 28.1 Å². The number of amides is 1. The fraction of sp³-hybridized carbons (Fsp3) is 0.476. The quantitative estimate of drug-likeness (QED) is 0.697. The molecule has 1 amide bonds. The number of rotatable bonds is 5. The maximum absolute atomic E-state index is 13.3. The molecule has 0 radical (unpaired) electrons. The summed E-state index contributed by atoms with van der Waals surface area (Å²) in [5, 5.41) is 30.4. The number of hydrogen-bond donors (Lipinski definition) is 3. The molecule has 1 spiro atoms. The summed E-state index contributed by atoms with van der Waals surface area (Å²) in [6, 6.07) is 10.1. The van der Waals surface area contributed by atoms with Crippen LogP contribution in [0.5, 0.6) is 0 Å². The molecule has 4 rings (SSSR count). The Labute approximate surface area is 159 Å². The Bertz CT molecular complexity index is 894. The summed E-state index contributed by atoms with van der Waals surface area (Å²) in [6.45, 7) is 4.77. The van der Waals surface area contributed by atoms with E-state index in [1.165, 1.54) is 6.21 Å². The van der Waals surface area contributed by atoms with Crippen molar-refractivity contribution in [2.75, 3.05) is 18.0 Å². The van der Waals surface area contributed by atoms with Crippen LogP contribution in [0.3, 0.4) is 0 Å². The summed E-state index contributed by atoms with van der Waals surface area (Å²) < 4.78 is 0. The van der Waals surface area contributed by atoms with Crippen LogP contribution < -0.4 is 10.2 Å². The molecule has 3 N–H and O–H groups in total. The van der Waals surface area contributed by atoms with Gasteiger partial charge in [0.1, 0.15) is 0 Å². The number of nitriles is 1. The summed E-state index contributed by atoms with van der Waals surface area (Å²) in [4.78, 5) is 15.1.